The number of ether oxygens (including phenoxy) is 1. The number of benzene rings is 1. The summed E-state index contributed by atoms with van der Waals surface area (Å²) in [6.07, 6.45) is 1.05. The molecule has 0 spiro atoms. The van der Waals surface area contributed by atoms with E-state index in [4.69, 9.17) is 9.15 Å². The van der Waals surface area contributed by atoms with Crippen LogP contribution in [0.5, 0.6) is 5.75 Å². The third-order valence-corrected chi connectivity index (χ3v) is 3.05. The minimum atomic E-state index is -0.593. The van der Waals surface area contributed by atoms with Crippen molar-refractivity contribution in [3.63, 3.8) is 0 Å². The first-order valence-corrected chi connectivity index (χ1v) is 6.97. The Morgan fingerprint density at radius 3 is 2.81 bits per heavy atom. The molecule has 0 unspecified atom stereocenters. The Hall–Kier alpha value is -1.88. The molecule has 1 heterocycles. The van der Waals surface area contributed by atoms with E-state index in [0.29, 0.717) is 12.3 Å². The predicted octanol–water partition coefficient (Wildman–Crippen LogP) is 3.94. The average Bonchev–Trinajstić information content (AvgIpc) is 2.81. The quantitative estimate of drug-likeness (QED) is 0.786. The highest BCUT2D eigenvalue weighted by molar-refractivity contribution is 5.25. The van der Waals surface area contributed by atoms with Crippen LogP contribution in [-0.4, -0.2) is 6.54 Å². The maximum atomic E-state index is 13.4. The highest BCUT2D eigenvalue weighted by Crippen LogP contribution is 2.21. The maximum absolute atomic E-state index is 13.4. The van der Waals surface area contributed by atoms with Gasteiger partial charge in [0, 0.05) is 6.07 Å². The van der Waals surface area contributed by atoms with Crippen molar-refractivity contribution in [1.29, 1.82) is 0 Å². The summed E-state index contributed by atoms with van der Waals surface area (Å²) in [6.45, 7) is 5.66. The Labute approximate surface area is 122 Å². The number of nitrogens with one attached hydrogen (secondary N) is 1. The summed E-state index contributed by atoms with van der Waals surface area (Å²) in [5.41, 5.74) is 1.01. The van der Waals surface area contributed by atoms with Crippen molar-refractivity contribution in [3.05, 3.63) is 53.0 Å². The summed E-state index contributed by atoms with van der Waals surface area (Å²) in [7, 11) is 0. The van der Waals surface area contributed by atoms with Gasteiger partial charge in [0.25, 0.3) is 0 Å². The molecule has 0 saturated carbocycles. The Morgan fingerprint density at radius 2 is 2.05 bits per heavy atom. The van der Waals surface area contributed by atoms with Crippen molar-refractivity contribution in [1.82, 2.24) is 5.32 Å². The zero-order valence-electron chi connectivity index (χ0n) is 12.2. The molecule has 0 radical (unpaired) electrons. The SMILES string of the molecule is CCCNCc1oc(COc2cc(F)ccc2F)cc1C. The fraction of sp³-hybridized carbons (Fsp3) is 0.375. The second-order valence-corrected chi connectivity index (χ2v) is 4.86. The Bertz CT molecular complexity index is 596. The van der Waals surface area contributed by atoms with Gasteiger partial charge in [0.2, 0.25) is 0 Å². The molecule has 2 rings (SSSR count). The number of hydrogen-bond acceptors (Lipinski definition) is 3. The monoisotopic (exact) mass is 295 g/mol. The summed E-state index contributed by atoms with van der Waals surface area (Å²) in [6, 6.07) is 4.96. The van der Waals surface area contributed by atoms with Crippen LogP contribution in [0.4, 0.5) is 8.78 Å². The van der Waals surface area contributed by atoms with E-state index in [1.807, 2.05) is 13.0 Å². The fourth-order valence-corrected chi connectivity index (χ4v) is 1.95. The standard InChI is InChI=1S/C16H19F2NO2/c1-3-6-19-9-16-11(2)7-13(21-16)10-20-15-8-12(17)4-5-14(15)18/h4-5,7-8,19H,3,6,9-10H2,1-2H3. The highest BCUT2D eigenvalue weighted by Gasteiger charge is 2.10. The van der Waals surface area contributed by atoms with Gasteiger partial charge in [-0.15, -0.1) is 0 Å². The second kappa shape index (κ2) is 7.22. The second-order valence-electron chi connectivity index (χ2n) is 4.86. The summed E-state index contributed by atoms with van der Waals surface area (Å²) < 4.78 is 37.4. The molecule has 3 nitrogen and oxygen atoms in total. The van der Waals surface area contributed by atoms with Crippen LogP contribution in [0, 0.1) is 18.6 Å². The van der Waals surface area contributed by atoms with Gasteiger partial charge in [-0.1, -0.05) is 6.92 Å². The van der Waals surface area contributed by atoms with Crippen molar-refractivity contribution >= 4 is 0 Å². The molecule has 0 bridgehead atoms. The molecular weight excluding hydrogens is 276 g/mol. The van der Waals surface area contributed by atoms with Crippen LogP contribution in [0.3, 0.4) is 0 Å². The minimum Gasteiger partial charge on any atom is -0.482 e. The molecule has 1 aromatic carbocycles. The molecular formula is C16H19F2NO2. The molecule has 0 aliphatic carbocycles. The normalized spacial score (nSPS) is 10.9. The van der Waals surface area contributed by atoms with Gasteiger partial charge in [-0.3, -0.25) is 0 Å². The van der Waals surface area contributed by atoms with Crippen LogP contribution >= 0.6 is 0 Å². The lowest BCUT2D eigenvalue weighted by Gasteiger charge is -2.05. The van der Waals surface area contributed by atoms with Gasteiger partial charge in [0.15, 0.2) is 11.6 Å². The van der Waals surface area contributed by atoms with Crippen LogP contribution in [0.25, 0.3) is 0 Å². The fourth-order valence-electron chi connectivity index (χ4n) is 1.95. The molecule has 2 aromatic rings. The molecule has 0 aliphatic heterocycles. The van der Waals surface area contributed by atoms with E-state index < -0.39 is 11.6 Å². The van der Waals surface area contributed by atoms with E-state index in [2.05, 4.69) is 12.2 Å². The minimum absolute atomic E-state index is 0.0645. The van der Waals surface area contributed by atoms with Crippen molar-refractivity contribution in [2.24, 2.45) is 0 Å². The van der Waals surface area contributed by atoms with Gasteiger partial charge < -0.3 is 14.5 Å². The molecule has 1 aromatic heterocycles. The lowest BCUT2D eigenvalue weighted by molar-refractivity contribution is 0.253. The molecule has 1 N–H and O–H groups in total. The Balaban J connectivity index is 1.97. The first-order valence-electron chi connectivity index (χ1n) is 6.97. The largest absolute Gasteiger partial charge is 0.482 e. The molecule has 0 aliphatic rings. The third kappa shape index (κ3) is 4.29. The molecule has 5 heteroatoms. The van der Waals surface area contributed by atoms with Gasteiger partial charge in [-0.05, 0) is 43.7 Å². The molecule has 0 amide bonds. The van der Waals surface area contributed by atoms with Crippen LogP contribution in [0.15, 0.2) is 28.7 Å². The van der Waals surface area contributed by atoms with Crippen LogP contribution in [0.2, 0.25) is 0 Å². The topological polar surface area (TPSA) is 34.4 Å². The lowest BCUT2D eigenvalue weighted by Crippen LogP contribution is -2.13. The van der Waals surface area contributed by atoms with E-state index in [-0.39, 0.29) is 12.4 Å². The number of aryl methyl sites for hydroxylation is 1. The van der Waals surface area contributed by atoms with Gasteiger partial charge in [-0.2, -0.15) is 0 Å². The highest BCUT2D eigenvalue weighted by atomic mass is 19.1. The van der Waals surface area contributed by atoms with Gasteiger partial charge in [0.1, 0.15) is 23.9 Å². The molecule has 114 valence electrons. The Kier molecular flexibility index (Phi) is 5.33. The van der Waals surface area contributed by atoms with Crippen LogP contribution < -0.4 is 10.1 Å². The number of halogens is 2. The van der Waals surface area contributed by atoms with E-state index in [0.717, 1.165) is 42.5 Å². The first-order chi connectivity index (χ1) is 10.1. The van der Waals surface area contributed by atoms with Gasteiger partial charge in [0.05, 0.1) is 6.54 Å². The third-order valence-electron chi connectivity index (χ3n) is 3.05. The summed E-state index contributed by atoms with van der Waals surface area (Å²) in [5.74, 6) is 0.178. The number of furan rings is 1. The lowest BCUT2D eigenvalue weighted by atomic mass is 10.2. The maximum Gasteiger partial charge on any atom is 0.165 e. The van der Waals surface area contributed by atoms with Crippen LogP contribution in [-0.2, 0) is 13.2 Å². The zero-order valence-corrected chi connectivity index (χ0v) is 12.2. The first kappa shape index (κ1) is 15.5. The van der Waals surface area contributed by atoms with Crippen LogP contribution in [0.1, 0.15) is 30.4 Å². The molecule has 0 atom stereocenters. The van der Waals surface area contributed by atoms with Crippen molar-refractivity contribution in [3.8, 4) is 5.75 Å². The predicted molar refractivity (Wildman–Crippen MR) is 76.1 cm³/mol. The smallest absolute Gasteiger partial charge is 0.165 e. The number of rotatable bonds is 7. The van der Waals surface area contributed by atoms with Crippen molar-refractivity contribution in [2.75, 3.05) is 6.54 Å². The number of hydrogen-bond donors (Lipinski definition) is 1. The molecule has 21 heavy (non-hydrogen) atoms. The molecule has 0 saturated heterocycles. The average molecular weight is 295 g/mol. The van der Waals surface area contributed by atoms with Crippen molar-refractivity contribution < 1.29 is 17.9 Å². The van der Waals surface area contributed by atoms with E-state index >= 15 is 0 Å². The van der Waals surface area contributed by atoms with E-state index in [1.165, 1.54) is 0 Å². The summed E-state index contributed by atoms with van der Waals surface area (Å²) >= 11 is 0. The Morgan fingerprint density at radius 1 is 1.24 bits per heavy atom. The van der Waals surface area contributed by atoms with Crippen molar-refractivity contribution in [2.45, 2.75) is 33.4 Å². The molecule has 0 fully saturated rings. The summed E-state index contributed by atoms with van der Waals surface area (Å²) in [4.78, 5) is 0. The zero-order chi connectivity index (χ0) is 15.2. The van der Waals surface area contributed by atoms with Gasteiger partial charge in [-0.25, -0.2) is 8.78 Å². The van der Waals surface area contributed by atoms with E-state index in [9.17, 15) is 8.78 Å². The van der Waals surface area contributed by atoms with E-state index in [1.54, 1.807) is 0 Å². The van der Waals surface area contributed by atoms with Gasteiger partial charge >= 0.3 is 0 Å². The summed E-state index contributed by atoms with van der Waals surface area (Å²) in [5, 5.41) is 3.25.